The van der Waals surface area contributed by atoms with Crippen molar-refractivity contribution >= 4 is 16.1 Å². The molecule has 0 N–H and O–H groups in total. The highest BCUT2D eigenvalue weighted by atomic mass is 32.2. The standard InChI is InChI=1S/C17H21N3O5S/c1-17(2,3)25-16(21)19-9-12-10-20(18-15(12)11-19)26(22,23)14-7-5-13(24-4)6-8-14/h5-8,10H,9,11H2,1-4H3. The van der Waals surface area contributed by atoms with Crippen LogP contribution >= 0.6 is 0 Å². The lowest BCUT2D eigenvalue weighted by Crippen LogP contribution is -2.33. The average Bonchev–Trinajstić information content (AvgIpc) is 3.12. The first-order chi connectivity index (χ1) is 12.1. The number of hydrogen-bond acceptors (Lipinski definition) is 6. The molecule has 1 aromatic carbocycles. The smallest absolute Gasteiger partial charge is 0.410 e. The van der Waals surface area contributed by atoms with E-state index in [1.807, 2.05) is 0 Å². The number of hydrogen-bond donors (Lipinski definition) is 0. The molecule has 0 saturated heterocycles. The minimum atomic E-state index is -3.79. The lowest BCUT2D eigenvalue weighted by Gasteiger charge is -2.24. The van der Waals surface area contributed by atoms with Crippen LogP contribution in [0.5, 0.6) is 5.75 Å². The summed E-state index contributed by atoms with van der Waals surface area (Å²) in [6.07, 6.45) is 0.999. The Morgan fingerprint density at radius 1 is 1.15 bits per heavy atom. The number of carbonyl (C=O) groups excluding carboxylic acids is 1. The van der Waals surface area contributed by atoms with Crippen LogP contribution in [0, 0.1) is 0 Å². The quantitative estimate of drug-likeness (QED) is 0.813. The van der Waals surface area contributed by atoms with E-state index in [0.29, 0.717) is 17.0 Å². The predicted octanol–water partition coefficient (Wildman–Crippen LogP) is 2.38. The maximum Gasteiger partial charge on any atom is 0.410 e. The van der Waals surface area contributed by atoms with Crippen molar-refractivity contribution in [1.82, 2.24) is 14.1 Å². The molecule has 26 heavy (non-hydrogen) atoms. The van der Waals surface area contributed by atoms with Gasteiger partial charge in [-0.2, -0.15) is 17.6 Å². The molecule has 0 radical (unpaired) electrons. The second kappa shape index (κ2) is 6.31. The Morgan fingerprint density at radius 2 is 1.81 bits per heavy atom. The number of nitrogens with zero attached hydrogens (tertiary/aromatic N) is 3. The topological polar surface area (TPSA) is 90.7 Å². The first-order valence-electron chi connectivity index (χ1n) is 8.05. The van der Waals surface area contributed by atoms with Crippen molar-refractivity contribution in [2.24, 2.45) is 0 Å². The van der Waals surface area contributed by atoms with Gasteiger partial charge in [0.15, 0.2) is 0 Å². The summed E-state index contributed by atoms with van der Waals surface area (Å²) in [5.41, 5.74) is 0.648. The zero-order valence-electron chi connectivity index (χ0n) is 15.1. The minimum absolute atomic E-state index is 0.114. The van der Waals surface area contributed by atoms with E-state index in [0.717, 1.165) is 4.09 Å². The third-order valence-corrected chi connectivity index (χ3v) is 5.36. The Bertz CT molecular complexity index is 903. The number of rotatable bonds is 3. The molecule has 1 aliphatic rings. The Balaban J connectivity index is 1.78. The molecule has 0 spiro atoms. The molecule has 0 bridgehead atoms. The number of fused-ring (bicyclic) bond motifs is 1. The number of benzene rings is 1. The van der Waals surface area contributed by atoms with E-state index in [2.05, 4.69) is 5.10 Å². The van der Waals surface area contributed by atoms with Gasteiger partial charge in [-0.05, 0) is 45.0 Å². The minimum Gasteiger partial charge on any atom is -0.497 e. The lowest BCUT2D eigenvalue weighted by atomic mass is 10.2. The van der Waals surface area contributed by atoms with Gasteiger partial charge in [0, 0.05) is 11.8 Å². The maximum absolute atomic E-state index is 12.7. The largest absolute Gasteiger partial charge is 0.497 e. The molecular weight excluding hydrogens is 358 g/mol. The van der Waals surface area contributed by atoms with Gasteiger partial charge in [0.05, 0.1) is 30.8 Å². The predicted molar refractivity (Wildman–Crippen MR) is 93.3 cm³/mol. The number of ether oxygens (including phenoxy) is 2. The van der Waals surface area contributed by atoms with E-state index in [-0.39, 0.29) is 18.0 Å². The molecule has 140 valence electrons. The molecule has 3 rings (SSSR count). The first-order valence-corrected chi connectivity index (χ1v) is 9.49. The summed E-state index contributed by atoms with van der Waals surface area (Å²) in [4.78, 5) is 13.7. The number of methoxy groups -OCH3 is 1. The van der Waals surface area contributed by atoms with Crippen molar-refractivity contribution < 1.29 is 22.7 Å². The zero-order chi connectivity index (χ0) is 19.1. The highest BCUT2D eigenvalue weighted by Crippen LogP contribution is 2.26. The lowest BCUT2D eigenvalue weighted by molar-refractivity contribution is 0.0239. The molecule has 2 aromatic rings. The van der Waals surface area contributed by atoms with Crippen LogP contribution in [0.2, 0.25) is 0 Å². The van der Waals surface area contributed by atoms with Gasteiger partial charge in [-0.25, -0.2) is 4.79 Å². The highest BCUT2D eigenvalue weighted by Gasteiger charge is 2.31. The third-order valence-electron chi connectivity index (χ3n) is 3.81. The second-order valence-corrected chi connectivity index (χ2v) is 8.79. The van der Waals surface area contributed by atoms with Crippen LogP contribution < -0.4 is 4.74 Å². The van der Waals surface area contributed by atoms with Crippen LogP contribution in [0.3, 0.4) is 0 Å². The summed E-state index contributed by atoms with van der Waals surface area (Å²) in [5.74, 6) is 0.569. The summed E-state index contributed by atoms with van der Waals surface area (Å²) in [6, 6.07) is 6.09. The van der Waals surface area contributed by atoms with Crippen molar-refractivity contribution in [1.29, 1.82) is 0 Å². The molecule has 0 atom stereocenters. The summed E-state index contributed by atoms with van der Waals surface area (Å²) < 4.78 is 36.7. The highest BCUT2D eigenvalue weighted by molar-refractivity contribution is 7.89. The van der Waals surface area contributed by atoms with E-state index in [9.17, 15) is 13.2 Å². The molecule has 0 aliphatic carbocycles. The molecule has 0 fully saturated rings. The van der Waals surface area contributed by atoms with Gasteiger partial charge in [-0.15, -0.1) is 0 Å². The number of amides is 1. The van der Waals surface area contributed by atoms with Gasteiger partial charge < -0.3 is 9.47 Å². The van der Waals surface area contributed by atoms with Crippen LogP contribution in [0.15, 0.2) is 35.4 Å². The molecule has 1 aromatic heterocycles. The van der Waals surface area contributed by atoms with Gasteiger partial charge in [0.1, 0.15) is 11.4 Å². The summed E-state index contributed by atoms with van der Waals surface area (Å²) in [6.45, 7) is 5.86. The Kier molecular flexibility index (Phi) is 4.43. The summed E-state index contributed by atoms with van der Waals surface area (Å²) in [7, 11) is -2.28. The van der Waals surface area contributed by atoms with Crippen molar-refractivity contribution in [3.63, 3.8) is 0 Å². The van der Waals surface area contributed by atoms with E-state index >= 15 is 0 Å². The van der Waals surface area contributed by atoms with Crippen LogP contribution in [-0.4, -0.2) is 41.3 Å². The molecule has 2 heterocycles. The summed E-state index contributed by atoms with van der Waals surface area (Å²) >= 11 is 0. The number of carbonyl (C=O) groups is 1. The Hall–Kier alpha value is -2.55. The first kappa shape index (κ1) is 18.2. The van der Waals surface area contributed by atoms with Crippen molar-refractivity contribution in [3.8, 4) is 5.75 Å². The van der Waals surface area contributed by atoms with Crippen molar-refractivity contribution in [2.45, 2.75) is 44.4 Å². The molecular formula is C17H21N3O5S. The molecule has 0 unspecified atom stereocenters. The van der Waals surface area contributed by atoms with Crippen LogP contribution in [0.4, 0.5) is 4.79 Å². The average molecular weight is 379 g/mol. The maximum atomic E-state index is 12.7. The van der Waals surface area contributed by atoms with Crippen molar-refractivity contribution in [2.75, 3.05) is 7.11 Å². The molecule has 1 aliphatic heterocycles. The third kappa shape index (κ3) is 3.52. The van der Waals surface area contributed by atoms with Crippen LogP contribution in [0.1, 0.15) is 32.0 Å². The molecule has 8 nitrogen and oxygen atoms in total. The van der Waals surface area contributed by atoms with Gasteiger partial charge in [-0.3, -0.25) is 4.90 Å². The normalized spacial score (nSPS) is 14.2. The Morgan fingerprint density at radius 3 is 2.35 bits per heavy atom. The Labute approximate surface area is 152 Å². The van der Waals surface area contributed by atoms with E-state index in [1.54, 1.807) is 32.9 Å². The van der Waals surface area contributed by atoms with E-state index < -0.39 is 21.7 Å². The monoisotopic (exact) mass is 379 g/mol. The van der Waals surface area contributed by atoms with E-state index in [4.69, 9.17) is 9.47 Å². The number of aromatic nitrogens is 2. The van der Waals surface area contributed by atoms with Gasteiger partial charge >= 0.3 is 6.09 Å². The summed E-state index contributed by atoms with van der Waals surface area (Å²) in [5, 5.41) is 4.16. The van der Waals surface area contributed by atoms with Crippen LogP contribution in [0.25, 0.3) is 0 Å². The van der Waals surface area contributed by atoms with Crippen molar-refractivity contribution in [3.05, 3.63) is 41.7 Å². The fourth-order valence-corrected chi connectivity index (χ4v) is 3.73. The molecule has 1 amide bonds. The molecule has 9 heteroatoms. The van der Waals surface area contributed by atoms with Gasteiger partial charge in [0.2, 0.25) is 0 Å². The van der Waals surface area contributed by atoms with Crippen LogP contribution in [-0.2, 0) is 27.8 Å². The molecule has 0 saturated carbocycles. The fraction of sp³-hybridized carbons (Fsp3) is 0.412. The fourth-order valence-electron chi connectivity index (χ4n) is 2.56. The SMILES string of the molecule is COc1ccc(S(=O)(=O)n2cc3c(n2)CN(C(=O)OC(C)(C)C)C3)cc1. The zero-order valence-corrected chi connectivity index (χ0v) is 15.9. The van der Waals surface area contributed by atoms with Gasteiger partial charge in [0.25, 0.3) is 10.0 Å². The van der Waals surface area contributed by atoms with E-state index in [1.165, 1.54) is 30.3 Å². The van der Waals surface area contributed by atoms with Gasteiger partial charge in [-0.1, -0.05) is 0 Å². The second-order valence-electron chi connectivity index (χ2n) is 6.99.